The molecule has 22 heavy (non-hydrogen) atoms. The van der Waals surface area contributed by atoms with Gasteiger partial charge in [0.15, 0.2) is 0 Å². The van der Waals surface area contributed by atoms with Gasteiger partial charge in [-0.2, -0.15) is 5.26 Å². The predicted octanol–water partition coefficient (Wildman–Crippen LogP) is 0.511. The smallest absolute Gasteiger partial charge is 0.326 e. The maximum atomic E-state index is 12.2. The normalized spacial score (nSPS) is 23.6. The monoisotopic (exact) mass is 301 g/mol. The van der Waals surface area contributed by atoms with Gasteiger partial charge in [0.2, 0.25) is 5.91 Å². The average molecular weight is 301 g/mol. The van der Waals surface area contributed by atoms with Crippen molar-refractivity contribution in [3.63, 3.8) is 0 Å². The van der Waals surface area contributed by atoms with E-state index in [1.54, 1.807) is 12.1 Å². The van der Waals surface area contributed by atoms with Gasteiger partial charge in [-0.25, -0.2) is 0 Å². The average Bonchev–Trinajstić information content (AvgIpc) is 2.90. The van der Waals surface area contributed by atoms with Gasteiger partial charge >= 0.3 is 5.97 Å². The van der Waals surface area contributed by atoms with Crippen LogP contribution in [0.2, 0.25) is 0 Å². The quantitative estimate of drug-likeness (QED) is 0.791. The maximum Gasteiger partial charge on any atom is 0.326 e. The minimum atomic E-state index is -0.851. The van der Waals surface area contributed by atoms with Crippen LogP contribution in [0, 0.1) is 11.3 Å². The van der Waals surface area contributed by atoms with Crippen LogP contribution in [-0.2, 0) is 20.7 Å². The molecule has 1 aromatic rings. The van der Waals surface area contributed by atoms with Gasteiger partial charge in [0.25, 0.3) is 0 Å². The summed E-state index contributed by atoms with van der Waals surface area (Å²) in [6, 6.07) is 9.07. The lowest BCUT2D eigenvalue weighted by atomic mass is 9.88. The third-order valence-corrected chi connectivity index (χ3v) is 3.85. The molecule has 1 heterocycles. The Morgan fingerprint density at radius 1 is 1.45 bits per heavy atom. The summed E-state index contributed by atoms with van der Waals surface area (Å²) in [5.74, 6) is -0.462. The molecule has 116 valence electrons. The molecular formula is C16H19N3O3. The number of carbonyl (C=O) groups is 2. The molecule has 1 aliphatic rings. The molecule has 0 spiro atoms. The van der Waals surface area contributed by atoms with Crippen LogP contribution in [-0.4, -0.2) is 37.1 Å². The van der Waals surface area contributed by atoms with E-state index in [1.807, 2.05) is 12.1 Å². The van der Waals surface area contributed by atoms with Crippen LogP contribution in [0.25, 0.3) is 0 Å². The number of rotatable bonds is 4. The summed E-state index contributed by atoms with van der Waals surface area (Å²) in [5, 5.41) is 14.9. The number of carbonyl (C=O) groups excluding carboxylic acids is 2. The van der Waals surface area contributed by atoms with Crippen molar-refractivity contribution in [3.05, 3.63) is 35.4 Å². The molecule has 2 unspecified atom stereocenters. The standard InChI is InChI=1S/C16H19N3O3/c1-11(20)19-14-8-16(18-10-14,15(21)22-2)7-12-3-5-13(9-17)6-4-12/h3-6,14,18H,7-8,10H2,1-2H3,(H,19,20). The second kappa shape index (κ2) is 6.58. The molecular weight excluding hydrogens is 282 g/mol. The molecule has 2 atom stereocenters. The van der Waals surface area contributed by atoms with E-state index in [4.69, 9.17) is 10.00 Å². The Morgan fingerprint density at radius 2 is 2.14 bits per heavy atom. The van der Waals surface area contributed by atoms with Crippen LogP contribution in [0.5, 0.6) is 0 Å². The van der Waals surface area contributed by atoms with Crippen LogP contribution >= 0.6 is 0 Å². The summed E-state index contributed by atoms with van der Waals surface area (Å²) in [4.78, 5) is 23.4. The van der Waals surface area contributed by atoms with E-state index >= 15 is 0 Å². The largest absolute Gasteiger partial charge is 0.468 e. The van der Waals surface area contributed by atoms with E-state index in [0.29, 0.717) is 24.9 Å². The highest BCUT2D eigenvalue weighted by Gasteiger charge is 2.46. The highest BCUT2D eigenvalue weighted by atomic mass is 16.5. The van der Waals surface area contributed by atoms with Crippen LogP contribution in [0.4, 0.5) is 0 Å². The Hall–Kier alpha value is -2.39. The first-order valence-corrected chi connectivity index (χ1v) is 7.08. The number of hydrogen-bond acceptors (Lipinski definition) is 5. The van der Waals surface area contributed by atoms with Crippen molar-refractivity contribution >= 4 is 11.9 Å². The molecule has 1 amide bonds. The van der Waals surface area contributed by atoms with Crippen molar-refractivity contribution in [1.82, 2.24) is 10.6 Å². The number of ether oxygens (including phenoxy) is 1. The van der Waals surface area contributed by atoms with Gasteiger partial charge in [-0.05, 0) is 24.1 Å². The van der Waals surface area contributed by atoms with Crippen molar-refractivity contribution in [3.8, 4) is 6.07 Å². The summed E-state index contributed by atoms with van der Waals surface area (Å²) in [6.45, 7) is 1.98. The fourth-order valence-electron chi connectivity index (χ4n) is 2.88. The Balaban J connectivity index is 2.18. The van der Waals surface area contributed by atoms with Gasteiger partial charge in [-0.3, -0.25) is 14.9 Å². The van der Waals surface area contributed by atoms with Crippen molar-refractivity contribution in [2.75, 3.05) is 13.7 Å². The van der Waals surface area contributed by atoms with Crippen LogP contribution in [0.1, 0.15) is 24.5 Å². The molecule has 2 N–H and O–H groups in total. The van der Waals surface area contributed by atoms with E-state index in [0.717, 1.165) is 5.56 Å². The van der Waals surface area contributed by atoms with Gasteiger partial charge in [0, 0.05) is 25.9 Å². The predicted molar refractivity (Wildman–Crippen MR) is 79.8 cm³/mol. The minimum Gasteiger partial charge on any atom is -0.468 e. The summed E-state index contributed by atoms with van der Waals surface area (Å²) in [7, 11) is 1.36. The Bertz CT molecular complexity index is 606. The molecule has 1 saturated heterocycles. The van der Waals surface area contributed by atoms with E-state index in [-0.39, 0.29) is 17.9 Å². The second-order valence-electron chi connectivity index (χ2n) is 5.54. The number of benzene rings is 1. The summed E-state index contributed by atoms with van der Waals surface area (Å²) < 4.78 is 4.94. The van der Waals surface area contributed by atoms with Crippen molar-refractivity contribution in [1.29, 1.82) is 5.26 Å². The maximum absolute atomic E-state index is 12.2. The molecule has 1 aromatic carbocycles. The molecule has 0 bridgehead atoms. The van der Waals surface area contributed by atoms with Crippen molar-refractivity contribution < 1.29 is 14.3 Å². The molecule has 0 aromatic heterocycles. The number of nitriles is 1. The van der Waals surface area contributed by atoms with E-state index in [1.165, 1.54) is 14.0 Å². The van der Waals surface area contributed by atoms with E-state index in [9.17, 15) is 9.59 Å². The lowest BCUT2D eigenvalue weighted by Gasteiger charge is -2.26. The van der Waals surface area contributed by atoms with Gasteiger partial charge in [0.05, 0.1) is 18.7 Å². The molecule has 1 aliphatic heterocycles. The number of amides is 1. The third-order valence-electron chi connectivity index (χ3n) is 3.85. The summed E-state index contributed by atoms with van der Waals surface area (Å²) in [6.07, 6.45) is 0.917. The third kappa shape index (κ3) is 3.43. The molecule has 0 aliphatic carbocycles. The number of methoxy groups -OCH3 is 1. The van der Waals surface area contributed by atoms with Crippen molar-refractivity contribution in [2.24, 2.45) is 0 Å². The summed E-state index contributed by atoms with van der Waals surface area (Å²) >= 11 is 0. The fraction of sp³-hybridized carbons (Fsp3) is 0.438. The Morgan fingerprint density at radius 3 is 2.68 bits per heavy atom. The Labute approximate surface area is 129 Å². The Kier molecular flexibility index (Phi) is 4.78. The van der Waals surface area contributed by atoms with Gasteiger partial charge in [-0.1, -0.05) is 12.1 Å². The highest BCUT2D eigenvalue weighted by molar-refractivity contribution is 5.82. The van der Waals surface area contributed by atoms with E-state index in [2.05, 4.69) is 16.7 Å². The molecule has 0 radical (unpaired) electrons. The highest BCUT2D eigenvalue weighted by Crippen LogP contribution is 2.26. The summed E-state index contributed by atoms with van der Waals surface area (Å²) in [5.41, 5.74) is 0.655. The van der Waals surface area contributed by atoms with Crippen LogP contribution < -0.4 is 10.6 Å². The first kappa shape index (κ1) is 16.0. The number of nitrogens with zero attached hydrogens (tertiary/aromatic N) is 1. The molecule has 6 heteroatoms. The van der Waals surface area contributed by atoms with Crippen molar-refractivity contribution in [2.45, 2.75) is 31.3 Å². The van der Waals surface area contributed by atoms with Gasteiger partial charge < -0.3 is 10.1 Å². The zero-order valence-electron chi connectivity index (χ0n) is 12.7. The van der Waals surface area contributed by atoms with Gasteiger partial charge in [-0.15, -0.1) is 0 Å². The van der Waals surface area contributed by atoms with E-state index < -0.39 is 5.54 Å². The lowest BCUT2D eigenvalue weighted by Crippen LogP contribution is -2.50. The van der Waals surface area contributed by atoms with Crippen LogP contribution in [0.15, 0.2) is 24.3 Å². The topological polar surface area (TPSA) is 91.2 Å². The molecule has 2 rings (SSSR count). The first-order valence-electron chi connectivity index (χ1n) is 7.08. The SMILES string of the molecule is COC(=O)C1(Cc2ccc(C#N)cc2)CC(NC(C)=O)CN1. The van der Waals surface area contributed by atoms with Crippen LogP contribution in [0.3, 0.4) is 0 Å². The molecule has 6 nitrogen and oxygen atoms in total. The fourth-order valence-corrected chi connectivity index (χ4v) is 2.88. The molecule has 1 fully saturated rings. The first-order chi connectivity index (χ1) is 10.5. The lowest BCUT2D eigenvalue weighted by molar-refractivity contribution is -0.148. The zero-order valence-corrected chi connectivity index (χ0v) is 12.7. The zero-order chi connectivity index (χ0) is 16.2. The second-order valence-corrected chi connectivity index (χ2v) is 5.54. The minimum absolute atomic E-state index is 0.102. The van der Waals surface area contributed by atoms with Gasteiger partial charge in [0.1, 0.15) is 5.54 Å². The number of nitrogens with one attached hydrogen (secondary N) is 2. The number of hydrogen-bond donors (Lipinski definition) is 2. The number of esters is 1. The molecule has 0 saturated carbocycles.